The van der Waals surface area contributed by atoms with Gasteiger partial charge in [-0.05, 0) is 37.8 Å². The summed E-state index contributed by atoms with van der Waals surface area (Å²) in [5.41, 5.74) is 0. The van der Waals surface area contributed by atoms with Crippen LogP contribution in [0.2, 0.25) is 0 Å². The van der Waals surface area contributed by atoms with Gasteiger partial charge in [-0.1, -0.05) is 13.8 Å². The highest BCUT2D eigenvalue weighted by molar-refractivity contribution is 5.74. The molecule has 1 aliphatic rings. The smallest absolute Gasteiger partial charge is 0.315 e. The SMILES string of the molecule is CC(C)CN1CCC(NC(=O)NC(C)CC(O)c2ccco2)CC1. The molecule has 6 heteroatoms. The van der Waals surface area contributed by atoms with Gasteiger partial charge in [0.1, 0.15) is 11.9 Å². The summed E-state index contributed by atoms with van der Waals surface area (Å²) in [6.07, 6.45) is 3.24. The predicted molar refractivity (Wildman–Crippen MR) is 93.7 cm³/mol. The monoisotopic (exact) mass is 337 g/mol. The van der Waals surface area contributed by atoms with Crippen LogP contribution in [0.3, 0.4) is 0 Å². The summed E-state index contributed by atoms with van der Waals surface area (Å²) in [7, 11) is 0. The van der Waals surface area contributed by atoms with Gasteiger partial charge in [0.2, 0.25) is 0 Å². The van der Waals surface area contributed by atoms with Gasteiger partial charge in [0.15, 0.2) is 0 Å². The van der Waals surface area contributed by atoms with E-state index in [2.05, 4.69) is 29.4 Å². The fourth-order valence-corrected chi connectivity index (χ4v) is 3.22. The lowest BCUT2D eigenvalue weighted by Crippen LogP contribution is -2.50. The van der Waals surface area contributed by atoms with E-state index < -0.39 is 6.10 Å². The zero-order valence-electron chi connectivity index (χ0n) is 15.0. The molecule has 0 saturated carbocycles. The van der Waals surface area contributed by atoms with Gasteiger partial charge in [-0.2, -0.15) is 0 Å². The van der Waals surface area contributed by atoms with Crippen molar-refractivity contribution in [3.8, 4) is 0 Å². The average Bonchev–Trinajstić information content (AvgIpc) is 3.02. The van der Waals surface area contributed by atoms with E-state index >= 15 is 0 Å². The van der Waals surface area contributed by atoms with Crippen LogP contribution in [0.1, 0.15) is 51.9 Å². The number of urea groups is 1. The topological polar surface area (TPSA) is 77.7 Å². The molecule has 24 heavy (non-hydrogen) atoms. The van der Waals surface area contributed by atoms with E-state index in [1.807, 2.05) is 6.92 Å². The Morgan fingerprint density at radius 1 is 1.38 bits per heavy atom. The number of aliphatic hydroxyl groups excluding tert-OH is 1. The Labute approximate surface area is 144 Å². The fraction of sp³-hybridized carbons (Fsp3) is 0.722. The van der Waals surface area contributed by atoms with Gasteiger partial charge in [-0.25, -0.2) is 4.79 Å². The number of piperidine rings is 1. The van der Waals surface area contributed by atoms with Crippen LogP contribution in [0.25, 0.3) is 0 Å². The van der Waals surface area contributed by atoms with Gasteiger partial charge in [0.25, 0.3) is 0 Å². The van der Waals surface area contributed by atoms with E-state index in [0.717, 1.165) is 32.5 Å². The summed E-state index contributed by atoms with van der Waals surface area (Å²) >= 11 is 0. The molecule has 2 rings (SSSR count). The van der Waals surface area contributed by atoms with Gasteiger partial charge in [-0.15, -0.1) is 0 Å². The van der Waals surface area contributed by atoms with Crippen LogP contribution in [0, 0.1) is 5.92 Å². The number of likely N-dealkylation sites (tertiary alicyclic amines) is 1. The Balaban J connectivity index is 1.66. The zero-order chi connectivity index (χ0) is 17.5. The zero-order valence-corrected chi connectivity index (χ0v) is 15.0. The van der Waals surface area contributed by atoms with Crippen molar-refractivity contribution in [2.24, 2.45) is 5.92 Å². The van der Waals surface area contributed by atoms with Crippen molar-refractivity contribution < 1.29 is 14.3 Å². The Bertz CT molecular complexity index is 482. The number of furan rings is 1. The first-order chi connectivity index (χ1) is 11.4. The first kappa shape index (κ1) is 18.8. The Morgan fingerprint density at radius 2 is 2.08 bits per heavy atom. The summed E-state index contributed by atoms with van der Waals surface area (Å²) in [5.74, 6) is 1.21. The highest BCUT2D eigenvalue weighted by Crippen LogP contribution is 2.18. The predicted octanol–water partition coefficient (Wildman–Crippen LogP) is 2.51. The fourth-order valence-electron chi connectivity index (χ4n) is 3.22. The highest BCUT2D eigenvalue weighted by atomic mass is 16.4. The van der Waals surface area contributed by atoms with E-state index in [0.29, 0.717) is 18.1 Å². The molecule has 0 spiro atoms. The molecule has 1 fully saturated rings. The number of amides is 2. The molecular formula is C18H31N3O3. The quantitative estimate of drug-likeness (QED) is 0.714. The second-order valence-electron chi connectivity index (χ2n) is 7.25. The summed E-state index contributed by atoms with van der Waals surface area (Å²) in [6.45, 7) is 9.55. The molecule has 0 radical (unpaired) electrons. The van der Waals surface area contributed by atoms with E-state index in [4.69, 9.17) is 4.42 Å². The number of hydrogen-bond acceptors (Lipinski definition) is 4. The van der Waals surface area contributed by atoms with E-state index in [1.165, 1.54) is 6.26 Å². The van der Waals surface area contributed by atoms with Crippen LogP contribution in [0.4, 0.5) is 4.79 Å². The van der Waals surface area contributed by atoms with Crippen LogP contribution < -0.4 is 10.6 Å². The van der Waals surface area contributed by atoms with Crippen LogP contribution in [0.15, 0.2) is 22.8 Å². The molecule has 1 aliphatic heterocycles. The van der Waals surface area contributed by atoms with Crippen molar-refractivity contribution in [3.05, 3.63) is 24.2 Å². The van der Waals surface area contributed by atoms with E-state index in [9.17, 15) is 9.90 Å². The number of carbonyl (C=O) groups is 1. The van der Waals surface area contributed by atoms with Crippen LogP contribution in [-0.4, -0.2) is 47.8 Å². The minimum absolute atomic E-state index is 0.133. The number of nitrogens with zero attached hydrogens (tertiary/aromatic N) is 1. The van der Waals surface area contributed by atoms with Crippen LogP contribution in [-0.2, 0) is 0 Å². The molecule has 0 aromatic carbocycles. The van der Waals surface area contributed by atoms with Gasteiger partial charge in [0, 0.05) is 38.1 Å². The normalized spacial score (nSPS) is 19.2. The Kier molecular flexibility index (Phi) is 7.12. The Morgan fingerprint density at radius 3 is 2.67 bits per heavy atom. The maximum atomic E-state index is 12.1. The van der Waals surface area contributed by atoms with E-state index in [1.54, 1.807) is 12.1 Å². The van der Waals surface area contributed by atoms with Crippen molar-refractivity contribution in [1.29, 1.82) is 0 Å². The van der Waals surface area contributed by atoms with Crippen molar-refractivity contribution in [2.45, 2.75) is 58.2 Å². The van der Waals surface area contributed by atoms with E-state index in [-0.39, 0.29) is 18.1 Å². The van der Waals surface area contributed by atoms with Crippen molar-refractivity contribution in [2.75, 3.05) is 19.6 Å². The summed E-state index contributed by atoms with van der Waals surface area (Å²) in [5, 5.41) is 16.0. The van der Waals surface area contributed by atoms with Crippen LogP contribution in [0.5, 0.6) is 0 Å². The molecular weight excluding hydrogens is 306 g/mol. The summed E-state index contributed by atoms with van der Waals surface area (Å²) < 4.78 is 5.18. The summed E-state index contributed by atoms with van der Waals surface area (Å²) in [4.78, 5) is 14.6. The number of carbonyl (C=O) groups excluding carboxylic acids is 1. The molecule has 0 aliphatic carbocycles. The third kappa shape index (κ3) is 6.17. The van der Waals surface area contributed by atoms with Gasteiger partial charge >= 0.3 is 6.03 Å². The lowest BCUT2D eigenvalue weighted by Gasteiger charge is -2.33. The maximum Gasteiger partial charge on any atom is 0.315 e. The second kappa shape index (κ2) is 9.08. The minimum atomic E-state index is -0.699. The highest BCUT2D eigenvalue weighted by Gasteiger charge is 2.22. The molecule has 2 amide bonds. The number of nitrogens with one attached hydrogen (secondary N) is 2. The van der Waals surface area contributed by atoms with Crippen molar-refractivity contribution in [3.63, 3.8) is 0 Å². The van der Waals surface area contributed by atoms with Gasteiger partial charge < -0.3 is 25.1 Å². The molecule has 1 aromatic heterocycles. The number of hydrogen-bond donors (Lipinski definition) is 3. The lowest BCUT2D eigenvalue weighted by atomic mass is 10.0. The average molecular weight is 337 g/mol. The maximum absolute atomic E-state index is 12.1. The second-order valence-corrected chi connectivity index (χ2v) is 7.25. The first-order valence-electron chi connectivity index (χ1n) is 8.95. The molecule has 2 unspecified atom stereocenters. The largest absolute Gasteiger partial charge is 0.467 e. The third-order valence-electron chi connectivity index (χ3n) is 4.37. The number of aliphatic hydroxyl groups is 1. The molecule has 0 bridgehead atoms. The molecule has 2 atom stereocenters. The molecule has 3 N–H and O–H groups in total. The van der Waals surface area contributed by atoms with Gasteiger partial charge in [-0.3, -0.25) is 0 Å². The molecule has 2 heterocycles. The molecule has 6 nitrogen and oxygen atoms in total. The summed E-state index contributed by atoms with van der Waals surface area (Å²) in [6, 6.07) is 3.43. The lowest BCUT2D eigenvalue weighted by molar-refractivity contribution is 0.129. The Hall–Kier alpha value is -1.53. The molecule has 136 valence electrons. The number of rotatable bonds is 7. The first-order valence-corrected chi connectivity index (χ1v) is 8.95. The molecule has 1 aromatic rings. The van der Waals surface area contributed by atoms with Crippen molar-refractivity contribution in [1.82, 2.24) is 15.5 Å². The molecule has 1 saturated heterocycles. The minimum Gasteiger partial charge on any atom is -0.467 e. The van der Waals surface area contributed by atoms with Crippen molar-refractivity contribution >= 4 is 6.03 Å². The standard InChI is InChI=1S/C18H31N3O3/c1-13(2)12-21-8-6-15(7-9-21)20-18(23)19-14(3)11-16(22)17-5-4-10-24-17/h4-5,10,13-16,22H,6-9,11-12H2,1-3H3,(H2,19,20,23). The third-order valence-corrected chi connectivity index (χ3v) is 4.37. The van der Waals surface area contributed by atoms with Crippen LogP contribution >= 0.6 is 0 Å². The van der Waals surface area contributed by atoms with Gasteiger partial charge in [0.05, 0.1) is 6.26 Å².